The number of nitrogens with one attached hydrogen (secondary N) is 1. The molecule has 0 atom stereocenters. The van der Waals surface area contributed by atoms with Gasteiger partial charge < -0.3 is 5.73 Å². The smallest absolute Gasteiger partial charge is 0.239 e. The first-order valence-corrected chi connectivity index (χ1v) is 8.14. The van der Waals surface area contributed by atoms with Gasteiger partial charge in [0.1, 0.15) is 0 Å². The number of rotatable bonds is 5. The van der Waals surface area contributed by atoms with E-state index in [1.54, 1.807) is 38.1 Å². The van der Waals surface area contributed by atoms with Gasteiger partial charge in [-0.25, -0.2) is 18.4 Å². The van der Waals surface area contributed by atoms with Crippen molar-refractivity contribution in [3.8, 4) is 0 Å². The summed E-state index contributed by atoms with van der Waals surface area (Å²) in [7, 11) is -3.56. The fourth-order valence-electron chi connectivity index (χ4n) is 2.01. The van der Waals surface area contributed by atoms with E-state index in [1.807, 2.05) is 6.07 Å². The van der Waals surface area contributed by atoms with E-state index in [1.165, 1.54) is 0 Å². The van der Waals surface area contributed by atoms with Crippen LogP contribution in [0.25, 0.3) is 0 Å². The Morgan fingerprint density at radius 3 is 2.33 bits per heavy atom. The van der Waals surface area contributed by atoms with Crippen molar-refractivity contribution in [1.82, 2.24) is 9.97 Å². The lowest BCUT2D eigenvalue weighted by molar-refractivity contribution is 0.600. The zero-order valence-corrected chi connectivity index (χ0v) is 12.8. The highest BCUT2D eigenvalue weighted by Crippen LogP contribution is 2.12. The lowest BCUT2D eigenvalue weighted by Crippen LogP contribution is -2.17. The van der Waals surface area contributed by atoms with Crippen LogP contribution in [0.3, 0.4) is 0 Å². The summed E-state index contributed by atoms with van der Waals surface area (Å²) in [6.07, 6.45) is 0. The molecule has 1 heterocycles. The van der Waals surface area contributed by atoms with E-state index in [4.69, 9.17) is 5.73 Å². The van der Waals surface area contributed by atoms with Gasteiger partial charge in [-0.05, 0) is 31.0 Å². The van der Waals surface area contributed by atoms with Gasteiger partial charge in [0, 0.05) is 17.9 Å². The first-order chi connectivity index (χ1) is 9.88. The lowest BCUT2D eigenvalue weighted by Gasteiger charge is -2.08. The third-order valence-electron chi connectivity index (χ3n) is 2.81. The van der Waals surface area contributed by atoms with Crippen molar-refractivity contribution >= 4 is 16.0 Å². The second kappa shape index (κ2) is 6.19. The van der Waals surface area contributed by atoms with Gasteiger partial charge in [-0.15, -0.1) is 0 Å². The summed E-state index contributed by atoms with van der Waals surface area (Å²) in [5, 5.41) is 0. The van der Waals surface area contributed by atoms with Crippen molar-refractivity contribution in [2.75, 3.05) is 4.72 Å². The van der Waals surface area contributed by atoms with Crippen LogP contribution in [0, 0.1) is 13.8 Å². The van der Waals surface area contributed by atoms with Crippen molar-refractivity contribution in [2.45, 2.75) is 26.1 Å². The third-order valence-corrected chi connectivity index (χ3v) is 4.02. The number of aromatic nitrogens is 2. The normalized spacial score (nSPS) is 11.4. The van der Waals surface area contributed by atoms with Crippen LogP contribution in [0.1, 0.15) is 22.5 Å². The van der Waals surface area contributed by atoms with Crippen LogP contribution in [0.5, 0.6) is 0 Å². The lowest BCUT2D eigenvalue weighted by atomic mass is 10.1. The molecule has 2 aromatic rings. The van der Waals surface area contributed by atoms with Crippen LogP contribution in [0.15, 0.2) is 30.3 Å². The molecule has 0 bridgehead atoms. The zero-order chi connectivity index (χ0) is 15.5. The van der Waals surface area contributed by atoms with E-state index in [2.05, 4.69) is 14.7 Å². The molecular weight excluding hydrogens is 288 g/mol. The molecule has 1 aromatic heterocycles. The van der Waals surface area contributed by atoms with Crippen molar-refractivity contribution in [2.24, 2.45) is 5.73 Å². The average Bonchev–Trinajstić information content (AvgIpc) is 2.36. The Morgan fingerprint density at radius 1 is 1.10 bits per heavy atom. The molecule has 1 aromatic carbocycles. The maximum absolute atomic E-state index is 12.2. The first-order valence-electron chi connectivity index (χ1n) is 6.48. The van der Waals surface area contributed by atoms with Gasteiger partial charge >= 0.3 is 0 Å². The molecule has 2 rings (SSSR count). The molecule has 0 fully saturated rings. The Labute approximate surface area is 124 Å². The number of hydrogen-bond donors (Lipinski definition) is 2. The van der Waals surface area contributed by atoms with Crippen LogP contribution in [-0.2, 0) is 22.3 Å². The van der Waals surface area contributed by atoms with Gasteiger partial charge in [0.05, 0.1) is 5.75 Å². The van der Waals surface area contributed by atoms with Crippen LogP contribution in [-0.4, -0.2) is 18.4 Å². The Kier molecular flexibility index (Phi) is 4.54. The maximum Gasteiger partial charge on any atom is 0.239 e. The van der Waals surface area contributed by atoms with Crippen molar-refractivity contribution in [3.05, 3.63) is 52.8 Å². The molecule has 0 spiro atoms. The molecule has 0 unspecified atom stereocenters. The number of nitrogens with two attached hydrogens (primary N) is 1. The van der Waals surface area contributed by atoms with E-state index in [0.29, 0.717) is 23.5 Å². The minimum Gasteiger partial charge on any atom is -0.326 e. The molecule has 0 aliphatic carbocycles. The maximum atomic E-state index is 12.2. The van der Waals surface area contributed by atoms with Crippen LogP contribution < -0.4 is 10.5 Å². The Bertz CT molecular complexity index is 724. The molecule has 0 aliphatic rings. The van der Waals surface area contributed by atoms with E-state index < -0.39 is 10.0 Å². The molecule has 6 nitrogen and oxygen atoms in total. The summed E-state index contributed by atoms with van der Waals surface area (Å²) < 4.78 is 26.7. The van der Waals surface area contributed by atoms with E-state index in [-0.39, 0.29) is 11.7 Å². The highest BCUT2D eigenvalue weighted by Gasteiger charge is 2.14. The third kappa shape index (κ3) is 4.51. The van der Waals surface area contributed by atoms with Crippen molar-refractivity contribution in [3.63, 3.8) is 0 Å². The van der Waals surface area contributed by atoms with E-state index in [9.17, 15) is 8.42 Å². The first kappa shape index (κ1) is 15.4. The topological polar surface area (TPSA) is 98.0 Å². The molecule has 21 heavy (non-hydrogen) atoms. The molecule has 0 saturated carbocycles. The molecule has 0 saturated heterocycles. The zero-order valence-electron chi connectivity index (χ0n) is 12.0. The quantitative estimate of drug-likeness (QED) is 0.872. The van der Waals surface area contributed by atoms with Crippen molar-refractivity contribution in [1.29, 1.82) is 0 Å². The van der Waals surface area contributed by atoms with Crippen LogP contribution in [0.4, 0.5) is 5.95 Å². The van der Waals surface area contributed by atoms with Crippen LogP contribution in [0.2, 0.25) is 0 Å². The molecule has 0 aliphatic heterocycles. The number of hydrogen-bond acceptors (Lipinski definition) is 5. The molecule has 112 valence electrons. The van der Waals surface area contributed by atoms with Crippen LogP contribution >= 0.6 is 0 Å². The summed E-state index contributed by atoms with van der Waals surface area (Å²) >= 11 is 0. The summed E-state index contributed by atoms with van der Waals surface area (Å²) in [4.78, 5) is 8.15. The highest BCUT2D eigenvalue weighted by atomic mass is 32.2. The predicted octanol–water partition coefficient (Wildman–Crippen LogP) is 1.49. The van der Waals surface area contributed by atoms with Gasteiger partial charge in [0.25, 0.3) is 0 Å². The van der Waals surface area contributed by atoms with Gasteiger partial charge in [0.15, 0.2) is 0 Å². The minimum atomic E-state index is -3.56. The summed E-state index contributed by atoms with van der Waals surface area (Å²) in [5.41, 5.74) is 8.55. The Morgan fingerprint density at radius 2 is 1.71 bits per heavy atom. The average molecular weight is 306 g/mol. The fraction of sp³-hybridized carbons (Fsp3) is 0.286. The molecule has 0 amide bonds. The van der Waals surface area contributed by atoms with E-state index in [0.717, 1.165) is 5.56 Å². The summed E-state index contributed by atoms with van der Waals surface area (Å²) in [6, 6.07) is 8.96. The largest absolute Gasteiger partial charge is 0.326 e. The van der Waals surface area contributed by atoms with Gasteiger partial charge in [0.2, 0.25) is 16.0 Å². The van der Waals surface area contributed by atoms with Gasteiger partial charge in [-0.2, -0.15) is 0 Å². The predicted molar refractivity (Wildman–Crippen MR) is 82.1 cm³/mol. The Balaban J connectivity index is 2.18. The molecule has 7 heteroatoms. The van der Waals surface area contributed by atoms with Gasteiger partial charge in [-0.1, -0.05) is 24.3 Å². The SMILES string of the molecule is Cc1cc(C)nc(NS(=O)(=O)Cc2cccc(CN)c2)n1. The number of sulfonamides is 1. The monoisotopic (exact) mass is 306 g/mol. The molecular formula is C14H18N4O2S. The second-order valence-corrected chi connectivity index (χ2v) is 6.58. The summed E-state index contributed by atoms with van der Waals surface area (Å²) in [5.74, 6) is -0.0422. The highest BCUT2D eigenvalue weighted by molar-refractivity contribution is 7.91. The summed E-state index contributed by atoms with van der Waals surface area (Å²) in [6.45, 7) is 3.95. The standard InChI is InChI=1S/C14H18N4O2S/c1-10-6-11(2)17-14(16-10)18-21(19,20)9-13-5-3-4-12(7-13)8-15/h3-7H,8-9,15H2,1-2H3,(H,16,17,18). The second-order valence-electron chi connectivity index (χ2n) is 4.86. The number of anilines is 1. The fourth-order valence-corrected chi connectivity index (χ4v) is 3.07. The number of aryl methyl sites for hydroxylation is 2. The molecule has 3 N–H and O–H groups in total. The number of nitrogens with zero attached hydrogens (tertiary/aromatic N) is 2. The van der Waals surface area contributed by atoms with Crippen molar-refractivity contribution < 1.29 is 8.42 Å². The number of benzene rings is 1. The Hall–Kier alpha value is -1.99. The van der Waals surface area contributed by atoms with E-state index >= 15 is 0 Å². The minimum absolute atomic E-state index is 0.0995. The molecule has 0 radical (unpaired) electrons. The van der Waals surface area contributed by atoms with Gasteiger partial charge in [-0.3, -0.25) is 4.72 Å².